The fraction of sp³-hybridized carbons (Fsp3) is 0.111. The summed E-state index contributed by atoms with van der Waals surface area (Å²) in [6.45, 7) is 0. The zero-order valence-electron chi connectivity index (χ0n) is 7.68. The molecule has 0 bridgehead atoms. The predicted molar refractivity (Wildman–Crippen MR) is 67.2 cm³/mol. The lowest BCUT2D eigenvalue weighted by Crippen LogP contribution is -1.88. The first-order valence-electron chi connectivity index (χ1n) is 4.21. The Labute approximate surface area is 100 Å². The van der Waals surface area contributed by atoms with Gasteiger partial charge in [0.1, 0.15) is 0 Å². The van der Waals surface area contributed by atoms with Crippen LogP contribution in [0.3, 0.4) is 0 Å². The third kappa shape index (κ3) is 3.02. The molecule has 3 nitrogen and oxygen atoms in total. The first kappa shape index (κ1) is 10.6. The molecular formula is C9H8ClN3S2. The molecule has 0 aliphatic rings. The van der Waals surface area contributed by atoms with Crippen LogP contribution in [0.4, 0.5) is 5.13 Å². The molecule has 0 radical (unpaired) electrons. The first-order valence-corrected chi connectivity index (χ1v) is 6.51. The molecule has 6 heteroatoms. The molecular weight excluding hydrogens is 250 g/mol. The Hall–Kier alpha value is -0.910. The van der Waals surface area contributed by atoms with Crippen LogP contribution < -0.4 is 5.43 Å². The number of rotatable bonds is 4. The van der Waals surface area contributed by atoms with Gasteiger partial charge in [-0.25, -0.2) is 4.98 Å². The van der Waals surface area contributed by atoms with Crippen molar-refractivity contribution in [1.29, 1.82) is 0 Å². The standard InChI is InChI=1S/C9H8ClN3S2/c10-4-7-6-15-9(12-7)13-11-5-8-2-1-3-14-8/h1-3,5-6H,4H2,(H,12,13). The van der Waals surface area contributed by atoms with Gasteiger partial charge in [-0.3, -0.25) is 5.43 Å². The summed E-state index contributed by atoms with van der Waals surface area (Å²) in [6, 6.07) is 3.99. The SMILES string of the molecule is ClCc1csc(NN=Cc2cccs2)n1. The van der Waals surface area contributed by atoms with Crippen LogP contribution >= 0.6 is 34.3 Å². The van der Waals surface area contributed by atoms with E-state index in [0.717, 1.165) is 15.7 Å². The average molecular weight is 258 g/mol. The van der Waals surface area contributed by atoms with E-state index < -0.39 is 0 Å². The number of anilines is 1. The number of halogens is 1. The third-order valence-corrected chi connectivity index (χ3v) is 3.46. The van der Waals surface area contributed by atoms with Gasteiger partial charge in [-0.15, -0.1) is 34.3 Å². The zero-order valence-corrected chi connectivity index (χ0v) is 10.1. The van der Waals surface area contributed by atoms with Gasteiger partial charge in [0.25, 0.3) is 0 Å². The third-order valence-electron chi connectivity index (χ3n) is 1.58. The van der Waals surface area contributed by atoms with Crippen molar-refractivity contribution in [3.8, 4) is 0 Å². The maximum atomic E-state index is 5.64. The highest BCUT2D eigenvalue weighted by Gasteiger charge is 1.98. The molecule has 0 amide bonds. The minimum Gasteiger partial charge on any atom is -0.253 e. The van der Waals surface area contributed by atoms with E-state index in [-0.39, 0.29) is 0 Å². The molecule has 15 heavy (non-hydrogen) atoms. The minimum absolute atomic E-state index is 0.437. The molecule has 0 spiro atoms. The monoisotopic (exact) mass is 257 g/mol. The van der Waals surface area contributed by atoms with Gasteiger partial charge in [0.15, 0.2) is 0 Å². The number of hydrogen-bond acceptors (Lipinski definition) is 5. The number of aromatic nitrogens is 1. The zero-order chi connectivity index (χ0) is 10.5. The molecule has 0 fully saturated rings. The van der Waals surface area contributed by atoms with E-state index in [9.17, 15) is 0 Å². The van der Waals surface area contributed by atoms with Crippen LogP contribution in [0.1, 0.15) is 10.6 Å². The second-order valence-electron chi connectivity index (χ2n) is 2.66. The van der Waals surface area contributed by atoms with E-state index in [1.807, 2.05) is 22.9 Å². The van der Waals surface area contributed by atoms with Gasteiger partial charge >= 0.3 is 0 Å². The van der Waals surface area contributed by atoms with Gasteiger partial charge in [0.2, 0.25) is 5.13 Å². The van der Waals surface area contributed by atoms with E-state index in [2.05, 4.69) is 15.5 Å². The van der Waals surface area contributed by atoms with Gasteiger partial charge in [0.05, 0.1) is 17.8 Å². The molecule has 0 aromatic carbocycles. The molecule has 0 aliphatic heterocycles. The van der Waals surface area contributed by atoms with Crippen LogP contribution in [0.5, 0.6) is 0 Å². The van der Waals surface area contributed by atoms with Crippen molar-refractivity contribution in [2.45, 2.75) is 5.88 Å². The van der Waals surface area contributed by atoms with Crippen LogP contribution in [0.15, 0.2) is 28.0 Å². The first-order chi connectivity index (χ1) is 7.38. The number of thiophene rings is 1. The van der Waals surface area contributed by atoms with Gasteiger partial charge in [-0.05, 0) is 11.4 Å². The Morgan fingerprint density at radius 3 is 3.13 bits per heavy atom. The lowest BCUT2D eigenvalue weighted by atomic mass is 10.5. The van der Waals surface area contributed by atoms with Gasteiger partial charge in [-0.1, -0.05) is 6.07 Å². The van der Waals surface area contributed by atoms with Gasteiger partial charge < -0.3 is 0 Å². The van der Waals surface area contributed by atoms with E-state index in [1.54, 1.807) is 17.6 Å². The molecule has 0 unspecified atom stereocenters. The highest BCUT2D eigenvalue weighted by molar-refractivity contribution is 7.13. The number of hydrogen-bond donors (Lipinski definition) is 1. The Kier molecular flexibility index (Phi) is 3.71. The van der Waals surface area contributed by atoms with Crippen molar-refractivity contribution < 1.29 is 0 Å². The maximum Gasteiger partial charge on any atom is 0.203 e. The van der Waals surface area contributed by atoms with Crippen molar-refractivity contribution in [3.63, 3.8) is 0 Å². The lowest BCUT2D eigenvalue weighted by molar-refractivity contribution is 1.20. The summed E-state index contributed by atoms with van der Waals surface area (Å²) >= 11 is 8.77. The molecule has 2 aromatic heterocycles. The number of hydrazone groups is 1. The number of alkyl halides is 1. The maximum absolute atomic E-state index is 5.64. The second kappa shape index (κ2) is 5.25. The summed E-state index contributed by atoms with van der Waals surface area (Å²) in [7, 11) is 0. The van der Waals surface area contributed by atoms with Crippen molar-refractivity contribution in [1.82, 2.24) is 4.98 Å². The Bertz CT molecular complexity index is 436. The summed E-state index contributed by atoms with van der Waals surface area (Å²) in [5.74, 6) is 0.437. The van der Waals surface area contributed by atoms with Crippen LogP contribution in [0.2, 0.25) is 0 Å². The average Bonchev–Trinajstić information content (AvgIpc) is 2.88. The van der Waals surface area contributed by atoms with Crippen LogP contribution in [-0.4, -0.2) is 11.2 Å². The summed E-state index contributed by atoms with van der Waals surface area (Å²) in [4.78, 5) is 5.32. The highest BCUT2D eigenvalue weighted by Crippen LogP contribution is 2.16. The summed E-state index contributed by atoms with van der Waals surface area (Å²) in [5, 5.41) is 8.76. The molecule has 0 aliphatic carbocycles. The van der Waals surface area contributed by atoms with Crippen molar-refractivity contribution in [3.05, 3.63) is 33.5 Å². The number of nitrogens with one attached hydrogen (secondary N) is 1. The van der Waals surface area contributed by atoms with Crippen LogP contribution in [0, 0.1) is 0 Å². The van der Waals surface area contributed by atoms with Crippen molar-refractivity contribution >= 4 is 45.6 Å². The fourth-order valence-electron chi connectivity index (χ4n) is 0.936. The van der Waals surface area contributed by atoms with E-state index in [4.69, 9.17) is 11.6 Å². The van der Waals surface area contributed by atoms with Crippen molar-refractivity contribution in [2.75, 3.05) is 5.43 Å². The Morgan fingerprint density at radius 1 is 1.53 bits per heavy atom. The fourth-order valence-corrected chi connectivity index (χ4v) is 2.41. The van der Waals surface area contributed by atoms with E-state index in [1.165, 1.54) is 11.3 Å². The van der Waals surface area contributed by atoms with Crippen molar-refractivity contribution in [2.24, 2.45) is 5.10 Å². The predicted octanol–water partition coefficient (Wildman–Crippen LogP) is 3.39. The number of nitrogens with zero attached hydrogens (tertiary/aromatic N) is 2. The quantitative estimate of drug-likeness (QED) is 0.518. The van der Waals surface area contributed by atoms with Crippen LogP contribution in [0.25, 0.3) is 0 Å². The summed E-state index contributed by atoms with van der Waals surface area (Å²) < 4.78 is 0. The highest BCUT2D eigenvalue weighted by atomic mass is 35.5. The molecule has 78 valence electrons. The van der Waals surface area contributed by atoms with Crippen LogP contribution in [-0.2, 0) is 5.88 Å². The van der Waals surface area contributed by atoms with Gasteiger partial charge in [0, 0.05) is 10.3 Å². The lowest BCUT2D eigenvalue weighted by Gasteiger charge is -1.91. The second-order valence-corrected chi connectivity index (χ2v) is 4.77. The molecule has 0 saturated carbocycles. The molecule has 0 atom stereocenters. The topological polar surface area (TPSA) is 37.3 Å². The Morgan fingerprint density at radius 2 is 2.47 bits per heavy atom. The molecule has 2 rings (SSSR count). The largest absolute Gasteiger partial charge is 0.253 e. The minimum atomic E-state index is 0.437. The number of thiazole rings is 1. The molecule has 2 aromatic rings. The van der Waals surface area contributed by atoms with Gasteiger partial charge in [-0.2, -0.15) is 5.10 Å². The normalized spacial score (nSPS) is 11.0. The smallest absolute Gasteiger partial charge is 0.203 e. The molecule has 2 heterocycles. The molecule has 0 saturated heterocycles. The molecule has 1 N–H and O–H groups in total. The summed E-state index contributed by atoms with van der Waals surface area (Å²) in [5.41, 5.74) is 3.73. The summed E-state index contributed by atoms with van der Waals surface area (Å²) in [6.07, 6.45) is 1.77. The van der Waals surface area contributed by atoms with E-state index in [0.29, 0.717) is 5.88 Å². The van der Waals surface area contributed by atoms with E-state index >= 15 is 0 Å². The Balaban J connectivity index is 1.93.